The van der Waals surface area contributed by atoms with Crippen molar-refractivity contribution in [3.8, 4) is 5.75 Å². The molecule has 0 fully saturated rings. The number of hydrogen-bond donors (Lipinski definition) is 2. The van der Waals surface area contributed by atoms with E-state index in [9.17, 15) is 22.8 Å². The maximum atomic E-state index is 12.7. The number of aryl methyl sites for hydroxylation is 1. The number of thiazole rings is 1. The summed E-state index contributed by atoms with van der Waals surface area (Å²) in [5, 5.41) is 2.98. The lowest BCUT2D eigenvalue weighted by Gasteiger charge is -2.08. The fourth-order valence-electron chi connectivity index (χ4n) is 2.94. The zero-order chi connectivity index (χ0) is 22.2. The standard InChI is InChI=1S/C19H13F3N4O4S/c1-9-13(14-15(27)24-8-25-17(14)29-9)16(28)26-18-23-7-12(31-18)6-10-2-4-11(5-3-10)30-19(20,21)22/h2-5,7-8H,6H2,1H3,(H,23,26,28)(H,24,25,27). The number of fused-ring (bicyclic) bond motifs is 1. The maximum Gasteiger partial charge on any atom is 0.573 e. The van der Waals surface area contributed by atoms with E-state index < -0.39 is 17.8 Å². The van der Waals surface area contributed by atoms with Gasteiger partial charge in [-0.15, -0.1) is 24.5 Å². The number of halogens is 3. The third-order valence-electron chi connectivity index (χ3n) is 4.21. The Bertz CT molecular complexity index is 1310. The third-order valence-corrected chi connectivity index (χ3v) is 5.12. The molecule has 0 saturated carbocycles. The highest BCUT2D eigenvalue weighted by atomic mass is 32.1. The molecule has 12 heteroatoms. The molecular weight excluding hydrogens is 437 g/mol. The Balaban J connectivity index is 1.47. The number of amides is 1. The van der Waals surface area contributed by atoms with Gasteiger partial charge in [-0.3, -0.25) is 14.9 Å². The minimum Gasteiger partial charge on any atom is -0.442 e. The molecule has 0 radical (unpaired) electrons. The SMILES string of the molecule is Cc1oc2nc[nH]c(=O)c2c1C(=O)Nc1ncc(Cc2ccc(OC(F)(F)F)cc2)s1. The number of anilines is 1. The fraction of sp³-hybridized carbons (Fsp3) is 0.158. The summed E-state index contributed by atoms with van der Waals surface area (Å²) in [7, 11) is 0. The Morgan fingerprint density at radius 3 is 2.71 bits per heavy atom. The van der Waals surface area contributed by atoms with Gasteiger partial charge in [0.25, 0.3) is 11.5 Å². The Morgan fingerprint density at radius 1 is 1.26 bits per heavy atom. The third kappa shape index (κ3) is 4.58. The summed E-state index contributed by atoms with van der Waals surface area (Å²) in [6, 6.07) is 5.48. The van der Waals surface area contributed by atoms with E-state index in [1.54, 1.807) is 13.1 Å². The van der Waals surface area contributed by atoms with Gasteiger partial charge < -0.3 is 14.1 Å². The first-order chi connectivity index (χ1) is 14.7. The molecule has 0 unspecified atom stereocenters. The molecule has 8 nitrogen and oxygen atoms in total. The highest BCUT2D eigenvalue weighted by molar-refractivity contribution is 7.15. The zero-order valence-electron chi connectivity index (χ0n) is 15.7. The molecule has 0 aliphatic rings. The number of nitrogens with one attached hydrogen (secondary N) is 2. The number of aromatic nitrogens is 3. The molecule has 31 heavy (non-hydrogen) atoms. The number of aromatic amines is 1. The van der Waals surface area contributed by atoms with Crippen LogP contribution in [-0.4, -0.2) is 27.2 Å². The number of carbonyl (C=O) groups excluding carboxylic acids is 1. The van der Waals surface area contributed by atoms with Crippen molar-refractivity contribution in [2.24, 2.45) is 0 Å². The summed E-state index contributed by atoms with van der Waals surface area (Å²) in [6.07, 6.45) is -1.61. The van der Waals surface area contributed by atoms with E-state index in [-0.39, 0.29) is 28.2 Å². The molecule has 3 heterocycles. The van der Waals surface area contributed by atoms with Gasteiger partial charge in [0.2, 0.25) is 5.71 Å². The average Bonchev–Trinajstić information content (AvgIpc) is 3.26. The second kappa shape index (κ2) is 7.87. The van der Waals surface area contributed by atoms with Crippen LogP contribution in [0.2, 0.25) is 0 Å². The number of rotatable bonds is 5. The summed E-state index contributed by atoms with van der Waals surface area (Å²) in [5.41, 5.74) is 0.376. The van der Waals surface area contributed by atoms with Crippen LogP contribution >= 0.6 is 11.3 Å². The molecule has 1 amide bonds. The monoisotopic (exact) mass is 450 g/mol. The summed E-state index contributed by atoms with van der Waals surface area (Å²) in [4.78, 5) is 36.0. The second-order valence-electron chi connectivity index (χ2n) is 6.40. The van der Waals surface area contributed by atoms with Crippen molar-refractivity contribution in [2.45, 2.75) is 19.7 Å². The quantitative estimate of drug-likeness (QED) is 0.475. The molecule has 160 valence electrons. The average molecular weight is 450 g/mol. The van der Waals surface area contributed by atoms with Crippen LogP contribution in [0.1, 0.15) is 26.6 Å². The molecule has 4 aromatic rings. The van der Waals surface area contributed by atoms with Crippen LogP contribution in [-0.2, 0) is 6.42 Å². The van der Waals surface area contributed by atoms with E-state index in [1.807, 2.05) is 0 Å². The first kappa shape index (κ1) is 20.6. The highest BCUT2D eigenvalue weighted by Gasteiger charge is 2.31. The van der Waals surface area contributed by atoms with Gasteiger partial charge in [0.15, 0.2) is 5.13 Å². The zero-order valence-corrected chi connectivity index (χ0v) is 16.6. The molecule has 0 aliphatic heterocycles. The number of carbonyl (C=O) groups is 1. The number of furan rings is 1. The fourth-order valence-corrected chi connectivity index (χ4v) is 3.79. The van der Waals surface area contributed by atoms with Crippen molar-refractivity contribution >= 4 is 33.5 Å². The number of nitrogens with zero attached hydrogens (tertiary/aromatic N) is 2. The highest BCUT2D eigenvalue weighted by Crippen LogP contribution is 2.27. The van der Waals surface area contributed by atoms with Gasteiger partial charge >= 0.3 is 6.36 Å². The minimum absolute atomic E-state index is 0.0513. The van der Waals surface area contributed by atoms with Gasteiger partial charge in [0, 0.05) is 17.5 Å². The maximum absolute atomic E-state index is 12.7. The Morgan fingerprint density at radius 2 is 2.00 bits per heavy atom. The van der Waals surface area contributed by atoms with Crippen LogP contribution < -0.4 is 15.6 Å². The molecule has 0 aliphatic carbocycles. The van der Waals surface area contributed by atoms with E-state index in [2.05, 4.69) is 25.0 Å². The van der Waals surface area contributed by atoms with Crippen molar-refractivity contribution in [3.05, 3.63) is 68.9 Å². The molecular formula is C19H13F3N4O4S. The normalized spacial score (nSPS) is 11.6. The number of hydrogen-bond acceptors (Lipinski definition) is 7. The van der Waals surface area contributed by atoms with Gasteiger partial charge in [-0.1, -0.05) is 12.1 Å². The number of benzene rings is 1. The van der Waals surface area contributed by atoms with Crippen molar-refractivity contribution < 1.29 is 27.1 Å². The van der Waals surface area contributed by atoms with Crippen molar-refractivity contribution in [2.75, 3.05) is 5.32 Å². The molecule has 0 saturated heterocycles. The lowest BCUT2D eigenvalue weighted by molar-refractivity contribution is -0.274. The Labute approximate surface area is 175 Å². The lowest BCUT2D eigenvalue weighted by Crippen LogP contribution is -2.17. The summed E-state index contributed by atoms with van der Waals surface area (Å²) < 4.78 is 45.9. The summed E-state index contributed by atoms with van der Waals surface area (Å²) in [6.45, 7) is 1.55. The first-order valence-electron chi connectivity index (χ1n) is 8.77. The van der Waals surface area contributed by atoms with Gasteiger partial charge in [-0.25, -0.2) is 9.97 Å². The predicted molar refractivity (Wildman–Crippen MR) is 105 cm³/mol. The van der Waals surface area contributed by atoms with Crippen molar-refractivity contribution in [1.29, 1.82) is 0 Å². The molecule has 0 atom stereocenters. The molecule has 1 aromatic carbocycles. The van der Waals surface area contributed by atoms with Crippen LogP contribution in [0.15, 0.2) is 46.0 Å². The van der Waals surface area contributed by atoms with E-state index in [1.165, 1.54) is 41.9 Å². The number of ether oxygens (including phenoxy) is 1. The van der Waals surface area contributed by atoms with E-state index in [0.29, 0.717) is 11.6 Å². The predicted octanol–water partition coefficient (Wildman–Crippen LogP) is 4.02. The smallest absolute Gasteiger partial charge is 0.442 e. The molecule has 0 spiro atoms. The molecule has 3 aromatic heterocycles. The van der Waals surface area contributed by atoms with Crippen molar-refractivity contribution in [3.63, 3.8) is 0 Å². The number of alkyl halides is 3. The Kier molecular flexibility index (Phi) is 5.23. The number of H-pyrrole nitrogens is 1. The van der Waals surface area contributed by atoms with E-state index in [0.717, 1.165) is 10.4 Å². The first-order valence-corrected chi connectivity index (χ1v) is 9.59. The van der Waals surface area contributed by atoms with Crippen LogP contribution in [0.25, 0.3) is 11.1 Å². The Hall–Kier alpha value is -3.67. The largest absolute Gasteiger partial charge is 0.573 e. The topological polar surface area (TPSA) is 110 Å². The van der Waals surface area contributed by atoms with Crippen LogP contribution in [0, 0.1) is 6.92 Å². The van der Waals surface area contributed by atoms with Crippen molar-refractivity contribution in [1.82, 2.24) is 15.0 Å². The molecule has 0 bridgehead atoms. The molecule has 2 N–H and O–H groups in total. The molecule has 4 rings (SSSR count). The van der Waals surface area contributed by atoms with Gasteiger partial charge in [-0.05, 0) is 24.6 Å². The van der Waals surface area contributed by atoms with Gasteiger partial charge in [0.1, 0.15) is 16.9 Å². The summed E-state index contributed by atoms with van der Waals surface area (Å²) >= 11 is 1.20. The second-order valence-corrected chi connectivity index (χ2v) is 7.51. The van der Waals surface area contributed by atoms with Gasteiger partial charge in [-0.2, -0.15) is 0 Å². The van der Waals surface area contributed by atoms with Gasteiger partial charge in [0.05, 0.1) is 11.9 Å². The summed E-state index contributed by atoms with van der Waals surface area (Å²) in [5.74, 6) is -0.625. The van der Waals surface area contributed by atoms with E-state index in [4.69, 9.17) is 4.42 Å². The van der Waals surface area contributed by atoms with E-state index >= 15 is 0 Å². The van der Waals surface area contributed by atoms with Crippen LogP contribution in [0.5, 0.6) is 5.75 Å². The minimum atomic E-state index is -4.74. The van der Waals surface area contributed by atoms with Crippen LogP contribution in [0.4, 0.5) is 18.3 Å². The lowest BCUT2D eigenvalue weighted by atomic mass is 10.1. The van der Waals surface area contributed by atoms with Crippen LogP contribution in [0.3, 0.4) is 0 Å².